The van der Waals surface area contributed by atoms with Crippen LogP contribution in [0.25, 0.3) is 0 Å². The molecule has 0 bridgehead atoms. The van der Waals surface area contributed by atoms with Crippen LogP contribution in [0.4, 0.5) is 8.78 Å². The molecule has 0 radical (unpaired) electrons. The van der Waals surface area contributed by atoms with Crippen molar-refractivity contribution in [3.05, 3.63) is 75.0 Å². The summed E-state index contributed by atoms with van der Waals surface area (Å²) in [5.41, 5.74) is 2.54. The topological polar surface area (TPSA) is 67.7 Å². The first kappa shape index (κ1) is 25.7. The summed E-state index contributed by atoms with van der Waals surface area (Å²) in [7, 11) is -1.94. The molecule has 2 aliphatic heterocycles. The average molecular weight is 565 g/mol. The Balaban J connectivity index is 1.39. The minimum Gasteiger partial charge on any atom is -0.435 e. The molecule has 2 atom stereocenters. The molecular weight excluding hydrogens is 541 g/mol. The minimum absolute atomic E-state index is 0.0814. The normalized spacial score (nSPS) is 18.0. The third-order valence-electron chi connectivity index (χ3n) is 6.98. The molecule has 3 heterocycles. The smallest absolute Gasteiger partial charge is 0.387 e. The van der Waals surface area contributed by atoms with Gasteiger partial charge < -0.3 is 14.2 Å². The van der Waals surface area contributed by atoms with Crippen molar-refractivity contribution in [2.24, 2.45) is 0 Å². The molecule has 2 aromatic carbocycles. The van der Waals surface area contributed by atoms with Gasteiger partial charge in [-0.2, -0.15) is 13.9 Å². The number of fused-ring (bicyclic) bond motifs is 3. The van der Waals surface area contributed by atoms with E-state index in [9.17, 15) is 18.4 Å². The molecule has 0 fully saturated rings. The van der Waals surface area contributed by atoms with E-state index >= 15 is 0 Å². The van der Waals surface area contributed by atoms with E-state index in [1.165, 1.54) is 12.1 Å². The van der Waals surface area contributed by atoms with Gasteiger partial charge in [-0.3, -0.25) is 14.3 Å². The number of ether oxygens (including phenoxy) is 1. The van der Waals surface area contributed by atoms with E-state index in [0.29, 0.717) is 40.8 Å². The molecule has 0 saturated carbocycles. The van der Waals surface area contributed by atoms with Crippen LogP contribution in [0.1, 0.15) is 39.0 Å². The second kappa shape index (κ2) is 10.1. The van der Waals surface area contributed by atoms with Crippen molar-refractivity contribution in [3.8, 4) is 5.75 Å². The summed E-state index contributed by atoms with van der Waals surface area (Å²) < 4.78 is 33.1. The third-order valence-corrected chi connectivity index (χ3v) is 10.5. The fourth-order valence-corrected chi connectivity index (χ4v) is 7.36. The van der Waals surface area contributed by atoms with Crippen molar-refractivity contribution in [1.82, 2.24) is 19.2 Å². The molecule has 0 N–H and O–H groups in total. The molecule has 0 aliphatic carbocycles. The molecule has 3 aromatic rings. The average Bonchev–Trinajstić information content (AvgIpc) is 3.22. The predicted molar refractivity (Wildman–Crippen MR) is 138 cm³/mol. The number of carbonyl (C=O) groups is 2. The quantitative estimate of drug-likeness (QED) is 0.438. The fourth-order valence-electron chi connectivity index (χ4n) is 4.98. The Bertz CT molecular complexity index is 1370. The maximum absolute atomic E-state index is 13.7. The zero-order chi connectivity index (χ0) is 26.4. The molecule has 1 aromatic heterocycles. The van der Waals surface area contributed by atoms with Crippen LogP contribution in [0.15, 0.2) is 42.5 Å². The molecule has 0 saturated heterocycles. The van der Waals surface area contributed by atoms with Gasteiger partial charge in [0.25, 0.3) is 11.8 Å². The van der Waals surface area contributed by atoms with E-state index in [2.05, 4.69) is 4.74 Å². The highest BCUT2D eigenvalue weighted by molar-refractivity contribution is 6.71. The molecule has 37 heavy (non-hydrogen) atoms. The SMILES string of the molecule is C[C@@H]1Cc2nn3c(c2CN1C(=O)c1ccc(Cl)c(Cl)c1)C(=O)N([Si@@H](C)c1ccc(OC(F)F)cc1)CC3. The van der Waals surface area contributed by atoms with Crippen molar-refractivity contribution in [1.29, 1.82) is 0 Å². The third kappa shape index (κ3) is 4.85. The highest BCUT2D eigenvalue weighted by Crippen LogP contribution is 2.31. The van der Waals surface area contributed by atoms with Crippen LogP contribution in [0.3, 0.4) is 0 Å². The summed E-state index contributed by atoms with van der Waals surface area (Å²) in [6.45, 7) is 2.42. The molecule has 7 nitrogen and oxygen atoms in total. The lowest BCUT2D eigenvalue weighted by atomic mass is 9.98. The van der Waals surface area contributed by atoms with Crippen molar-refractivity contribution >= 4 is 49.2 Å². The predicted octanol–water partition coefficient (Wildman–Crippen LogP) is 4.09. The van der Waals surface area contributed by atoms with Crippen molar-refractivity contribution in [2.75, 3.05) is 6.54 Å². The van der Waals surface area contributed by atoms with Crippen LogP contribution in [0.5, 0.6) is 5.75 Å². The van der Waals surface area contributed by atoms with Gasteiger partial charge in [-0.05, 0) is 49.0 Å². The minimum atomic E-state index is -2.89. The summed E-state index contributed by atoms with van der Waals surface area (Å²) in [6, 6.07) is 11.2. The molecular formula is C25H24Cl2F2N4O3Si. The van der Waals surface area contributed by atoms with Gasteiger partial charge >= 0.3 is 6.61 Å². The largest absolute Gasteiger partial charge is 0.435 e. The first-order valence-electron chi connectivity index (χ1n) is 11.8. The fraction of sp³-hybridized carbons (Fsp3) is 0.320. The lowest BCUT2D eigenvalue weighted by Gasteiger charge is -2.35. The Morgan fingerprint density at radius 3 is 2.54 bits per heavy atom. The number of hydrogen-bond donors (Lipinski definition) is 0. The molecule has 194 valence electrons. The number of aromatic nitrogens is 2. The van der Waals surface area contributed by atoms with Crippen LogP contribution in [-0.2, 0) is 19.5 Å². The maximum atomic E-state index is 13.7. The first-order chi connectivity index (χ1) is 17.6. The van der Waals surface area contributed by atoms with Gasteiger partial charge in [0, 0.05) is 30.1 Å². The number of rotatable bonds is 5. The molecule has 12 heteroatoms. The number of alkyl halides is 2. The van der Waals surface area contributed by atoms with E-state index < -0.39 is 15.6 Å². The standard InChI is InChI=1S/C25H24Cl2F2N4O3Si/c1-14-11-21-18(13-31(14)23(34)15-3-8-19(26)20(27)12-15)22-24(35)33(10-9-32(22)30-21)37(2)17-6-4-16(5-7-17)36-25(28)29/h3-8,12,14,25,37H,9-11,13H2,1-2H3/t14-,37+/m1/s1. The number of benzene rings is 2. The Morgan fingerprint density at radius 1 is 1.14 bits per heavy atom. The van der Waals surface area contributed by atoms with Crippen LogP contribution in [-0.4, -0.2) is 59.2 Å². The summed E-state index contributed by atoms with van der Waals surface area (Å²) in [4.78, 5) is 28.8. The van der Waals surface area contributed by atoms with Crippen LogP contribution in [0, 0.1) is 0 Å². The maximum Gasteiger partial charge on any atom is 0.387 e. The summed E-state index contributed by atoms with van der Waals surface area (Å²) in [6.07, 6.45) is 0.536. The van der Waals surface area contributed by atoms with E-state index in [4.69, 9.17) is 28.3 Å². The van der Waals surface area contributed by atoms with E-state index in [-0.39, 0.29) is 30.2 Å². The molecule has 2 aliphatic rings. The van der Waals surface area contributed by atoms with Crippen molar-refractivity contribution in [2.45, 2.75) is 45.6 Å². The van der Waals surface area contributed by atoms with Crippen LogP contribution >= 0.6 is 23.2 Å². The zero-order valence-corrected chi connectivity index (χ0v) is 22.8. The molecule has 2 amide bonds. The number of amides is 2. The Hall–Kier alpha value is -2.95. The van der Waals surface area contributed by atoms with Crippen LogP contribution < -0.4 is 9.92 Å². The second-order valence-electron chi connectivity index (χ2n) is 9.23. The van der Waals surface area contributed by atoms with Gasteiger partial charge in [-0.1, -0.05) is 35.3 Å². The molecule has 5 rings (SSSR count). The van der Waals surface area contributed by atoms with Gasteiger partial charge in [0.15, 0.2) is 8.96 Å². The Morgan fingerprint density at radius 2 is 1.86 bits per heavy atom. The van der Waals surface area contributed by atoms with Gasteiger partial charge in [0.05, 0.1) is 28.8 Å². The summed E-state index contributed by atoms with van der Waals surface area (Å²) in [5, 5.41) is 6.32. The van der Waals surface area contributed by atoms with Gasteiger partial charge in [-0.15, -0.1) is 0 Å². The van der Waals surface area contributed by atoms with Gasteiger partial charge in [-0.25, -0.2) is 0 Å². The lowest BCUT2D eigenvalue weighted by molar-refractivity contribution is -0.0498. The summed E-state index contributed by atoms with van der Waals surface area (Å²) in [5.74, 6) is -0.230. The monoisotopic (exact) mass is 564 g/mol. The highest BCUT2D eigenvalue weighted by Gasteiger charge is 2.38. The van der Waals surface area contributed by atoms with Gasteiger partial charge in [0.2, 0.25) is 0 Å². The van der Waals surface area contributed by atoms with E-state index in [1.807, 2.05) is 18.0 Å². The zero-order valence-electron chi connectivity index (χ0n) is 20.1. The molecule has 0 spiro atoms. The van der Waals surface area contributed by atoms with Crippen molar-refractivity contribution in [3.63, 3.8) is 0 Å². The Labute approximate surface area is 224 Å². The van der Waals surface area contributed by atoms with Crippen molar-refractivity contribution < 1.29 is 23.1 Å². The number of nitrogens with zero attached hydrogens (tertiary/aromatic N) is 4. The Kier molecular flexibility index (Phi) is 6.99. The summed E-state index contributed by atoms with van der Waals surface area (Å²) >= 11 is 12.2. The lowest BCUT2D eigenvalue weighted by Crippen LogP contribution is -2.53. The number of halogens is 4. The van der Waals surface area contributed by atoms with E-state index in [0.717, 1.165) is 16.4 Å². The molecule has 0 unspecified atom stereocenters. The van der Waals surface area contributed by atoms with Gasteiger partial charge in [0.1, 0.15) is 11.4 Å². The second-order valence-corrected chi connectivity index (χ2v) is 12.7. The van der Waals surface area contributed by atoms with Crippen LogP contribution in [0.2, 0.25) is 16.6 Å². The first-order valence-corrected chi connectivity index (χ1v) is 14.8. The number of carbonyl (C=O) groups excluding carboxylic acids is 2. The highest BCUT2D eigenvalue weighted by atomic mass is 35.5. The number of hydrogen-bond acceptors (Lipinski definition) is 4. The van der Waals surface area contributed by atoms with E-state index in [1.54, 1.807) is 39.9 Å².